The second-order valence-corrected chi connectivity index (χ2v) is 8.96. The number of ether oxygens (including phenoxy) is 2. The zero-order chi connectivity index (χ0) is 26.1. The quantitative estimate of drug-likeness (QED) is 0.221. The molecular weight excluding hydrogens is 470 g/mol. The lowest BCUT2D eigenvalue weighted by atomic mass is 9.97. The molecule has 1 aliphatic rings. The van der Waals surface area contributed by atoms with Gasteiger partial charge in [0.25, 0.3) is 5.91 Å². The third kappa shape index (κ3) is 4.27. The number of para-hydroxylation sites is 1. The van der Waals surface area contributed by atoms with Gasteiger partial charge in [0.2, 0.25) is 5.76 Å². The average Bonchev–Trinajstić information content (AvgIpc) is 3.21. The minimum Gasteiger partial charge on any atom is -0.493 e. The summed E-state index contributed by atoms with van der Waals surface area (Å²) in [4.78, 5) is 40.8. The van der Waals surface area contributed by atoms with Gasteiger partial charge in [0.05, 0.1) is 30.7 Å². The van der Waals surface area contributed by atoms with Crippen LogP contribution in [0.4, 0.5) is 5.69 Å². The van der Waals surface area contributed by atoms with E-state index in [1.54, 1.807) is 67.8 Å². The van der Waals surface area contributed by atoms with Crippen molar-refractivity contribution in [3.63, 3.8) is 0 Å². The second kappa shape index (κ2) is 9.93. The number of unbranched alkanes of at least 4 members (excludes halogenated alkanes) is 1. The fourth-order valence-corrected chi connectivity index (χ4v) is 4.66. The summed E-state index contributed by atoms with van der Waals surface area (Å²) in [5, 5.41) is 0.402. The van der Waals surface area contributed by atoms with Gasteiger partial charge in [-0.3, -0.25) is 19.3 Å². The average molecular weight is 498 g/mol. The minimum atomic E-state index is -0.759. The van der Waals surface area contributed by atoms with Gasteiger partial charge < -0.3 is 13.9 Å². The SMILES string of the molecule is CCCCOc1ccc(C2c3c(oc4ccccc4c3=O)C(=O)N2c2ccc(C(C)=O)cc2)cc1OC. The molecule has 37 heavy (non-hydrogen) atoms. The summed E-state index contributed by atoms with van der Waals surface area (Å²) in [6.07, 6.45) is 1.91. The lowest BCUT2D eigenvalue weighted by Gasteiger charge is -2.26. The van der Waals surface area contributed by atoms with Crippen molar-refractivity contribution in [2.75, 3.05) is 18.6 Å². The van der Waals surface area contributed by atoms with Gasteiger partial charge in [0.15, 0.2) is 22.7 Å². The molecule has 3 aromatic carbocycles. The molecule has 0 fully saturated rings. The van der Waals surface area contributed by atoms with Crippen LogP contribution in [0.15, 0.2) is 75.9 Å². The summed E-state index contributed by atoms with van der Waals surface area (Å²) in [5.41, 5.74) is 2.09. The zero-order valence-electron chi connectivity index (χ0n) is 20.9. The van der Waals surface area contributed by atoms with Gasteiger partial charge in [-0.25, -0.2) is 0 Å². The van der Waals surface area contributed by atoms with Crippen LogP contribution in [0.2, 0.25) is 0 Å². The Labute approximate surface area is 214 Å². The van der Waals surface area contributed by atoms with Crippen LogP contribution >= 0.6 is 0 Å². The fourth-order valence-electron chi connectivity index (χ4n) is 4.66. The number of nitrogens with zero attached hydrogens (tertiary/aromatic N) is 1. The van der Waals surface area contributed by atoms with Gasteiger partial charge in [-0.05, 0) is 67.4 Å². The molecule has 1 aromatic heterocycles. The zero-order valence-corrected chi connectivity index (χ0v) is 20.9. The van der Waals surface area contributed by atoms with E-state index in [9.17, 15) is 14.4 Å². The molecule has 0 radical (unpaired) electrons. The van der Waals surface area contributed by atoms with E-state index in [4.69, 9.17) is 13.9 Å². The van der Waals surface area contributed by atoms with Crippen LogP contribution in [0.1, 0.15) is 64.8 Å². The predicted octanol–water partition coefficient (Wildman–Crippen LogP) is 5.93. The van der Waals surface area contributed by atoms with E-state index in [0.717, 1.165) is 12.8 Å². The normalized spacial score (nSPS) is 14.6. The molecule has 0 N–H and O–H groups in total. The molecule has 7 nitrogen and oxygen atoms in total. The Morgan fingerprint density at radius 3 is 2.46 bits per heavy atom. The summed E-state index contributed by atoms with van der Waals surface area (Å²) < 4.78 is 17.5. The number of ketones is 1. The molecular formula is C30H27NO6. The number of Topliss-reactive ketones (excluding diaryl/α,β-unsaturated/α-hetero) is 1. The van der Waals surface area contributed by atoms with E-state index in [-0.39, 0.29) is 22.5 Å². The van der Waals surface area contributed by atoms with Crippen molar-refractivity contribution in [1.29, 1.82) is 0 Å². The van der Waals surface area contributed by atoms with E-state index in [0.29, 0.717) is 45.9 Å². The molecule has 0 spiro atoms. The largest absolute Gasteiger partial charge is 0.493 e. The molecule has 0 saturated heterocycles. The van der Waals surface area contributed by atoms with Gasteiger partial charge in [0.1, 0.15) is 5.58 Å². The maximum Gasteiger partial charge on any atom is 0.295 e. The number of carbonyl (C=O) groups excluding carboxylic acids is 2. The van der Waals surface area contributed by atoms with Crippen molar-refractivity contribution >= 4 is 28.3 Å². The summed E-state index contributed by atoms with van der Waals surface area (Å²) in [5.74, 6) is 0.594. The molecule has 1 aliphatic heterocycles. The number of anilines is 1. The van der Waals surface area contributed by atoms with Crippen molar-refractivity contribution in [2.24, 2.45) is 0 Å². The van der Waals surface area contributed by atoms with Crippen LogP contribution in [0.25, 0.3) is 11.0 Å². The first kappa shape index (κ1) is 24.3. The van der Waals surface area contributed by atoms with E-state index >= 15 is 0 Å². The maximum absolute atomic E-state index is 13.8. The van der Waals surface area contributed by atoms with Crippen LogP contribution in [-0.4, -0.2) is 25.4 Å². The van der Waals surface area contributed by atoms with Gasteiger partial charge in [0, 0.05) is 11.3 Å². The molecule has 7 heteroatoms. The molecule has 1 unspecified atom stereocenters. The molecule has 188 valence electrons. The van der Waals surface area contributed by atoms with Gasteiger partial charge in [-0.1, -0.05) is 31.5 Å². The molecule has 5 rings (SSSR count). The lowest BCUT2D eigenvalue weighted by molar-refractivity contribution is 0.0970. The van der Waals surface area contributed by atoms with Crippen LogP contribution < -0.4 is 19.8 Å². The number of hydrogen-bond donors (Lipinski definition) is 0. The van der Waals surface area contributed by atoms with Crippen molar-refractivity contribution in [3.8, 4) is 11.5 Å². The maximum atomic E-state index is 13.8. The van der Waals surface area contributed by atoms with Crippen LogP contribution in [0, 0.1) is 0 Å². The summed E-state index contributed by atoms with van der Waals surface area (Å²) >= 11 is 0. The van der Waals surface area contributed by atoms with E-state index in [1.807, 2.05) is 6.07 Å². The molecule has 0 aliphatic carbocycles. The smallest absolute Gasteiger partial charge is 0.295 e. The Bertz CT molecular complexity index is 1550. The highest BCUT2D eigenvalue weighted by Gasteiger charge is 2.44. The highest BCUT2D eigenvalue weighted by atomic mass is 16.5. The first-order chi connectivity index (χ1) is 17.9. The number of amides is 1. The topological polar surface area (TPSA) is 86.0 Å². The molecule has 2 heterocycles. The Balaban J connectivity index is 1.69. The van der Waals surface area contributed by atoms with Crippen molar-refractivity contribution < 1.29 is 23.5 Å². The summed E-state index contributed by atoms with van der Waals surface area (Å²) in [6.45, 7) is 4.13. The minimum absolute atomic E-state index is 0.00610. The molecule has 0 saturated carbocycles. The fraction of sp³-hybridized carbons (Fsp3) is 0.233. The number of methoxy groups -OCH3 is 1. The van der Waals surface area contributed by atoms with Crippen LogP contribution in [-0.2, 0) is 0 Å². The highest BCUT2D eigenvalue weighted by molar-refractivity contribution is 6.11. The monoisotopic (exact) mass is 497 g/mol. The third-order valence-corrected chi connectivity index (χ3v) is 6.59. The van der Waals surface area contributed by atoms with E-state index in [1.165, 1.54) is 11.8 Å². The Hall–Kier alpha value is -4.39. The van der Waals surface area contributed by atoms with Gasteiger partial charge >= 0.3 is 0 Å². The second-order valence-electron chi connectivity index (χ2n) is 8.96. The van der Waals surface area contributed by atoms with Crippen molar-refractivity contribution in [2.45, 2.75) is 32.7 Å². The number of benzene rings is 3. The van der Waals surface area contributed by atoms with Crippen LogP contribution in [0.3, 0.4) is 0 Å². The number of fused-ring (bicyclic) bond motifs is 2. The summed E-state index contributed by atoms with van der Waals surface area (Å²) in [6, 6.07) is 18.3. The molecule has 1 amide bonds. The molecule has 4 aromatic rings. The Kier molecular flexibility index (Phi) is 6.53. The first-order valence-electron chi connectivity index (χ1n) is 12.3. The number of carbonyl (C=O) groups is 2. The molecule has 0 bridgehead atoms. The van der Waals surface area contributed by atoms with Crippen molar-refractivity contribution in [3.05, 3.63) is 99.4 Å². The number of rotatable bonds is 8. The highest BCUT2D eigenvalue weighted by Crippen LogP contribution is 2.43. The summed E-state index contributed by atoms with van der Waals surface area (Å²) in [7, 11) is 1.56. The Morgan fingerprint density at radius 1 is 1.00 bits per heavy atom. The first-order valence-corrected chi connectivity index (χ1v) is 12.3. The lowest BCUT2D eigenvalue weighted by Crippen LogP contribution is -2.29. The van der Waals surface area contributed by atoms with Crippen LogP contribution in [0.5, 0.6) is 11.5 Å². The standard InChI is InChI=1S/C30H27NO6/c1-4-5-16-36-24-15-12-20(17-25(24)35-3)27-26-28(33)22-8-6-7-9-23(22)37-29(26)30(34)31(27)21-13-10-19(11-14-21)18(2)32/h6-15,17,27H,4-5,16H2,1-3H3. The van der Waals surface area contributed by atoms with E-state index < -0.39 is 11.9 Å². The Morgan fingerprint density at radius 2 is 1.76 bits per heavy atom. The molecule has 1 atom stereocenters. The van der Waals surface area contributed by atoms with Crippen molar-refractivity contribution in [1.82, 2.24) is 0 Å². The van der Waals surface area contributed by atoms with E-state index in [2.05, 4.69) is 6.92 Å². The predicted molar refractivity (Wildman–Crippen MR) is 141 cm³/mol. The number of hydrogen-bond acceptors (Lipinski definition) is 6. The van der Waals surface area contributed by atoms with Gasteiger partial charge in [-0.15, -0.1) is 0 Å². The third-order valence-electron chi connectivity index (χ3n) is 6.59. The van der Waals surface area contributed by atoms with Gasteiger partial charge in [-0.2, -0.15) is 0 Å².